The Morgan fingerprint density at radius 3 is 3.00 bits per heavy atom. The zero-order chi connectivity index (χ0) is 12.3. The number of ether oxygens (including phenoxy) is 1. The monoisotopic (exact) mass is 234 g/mol. The molecule has 0 aromatic heterocycles. The van der Waals surface area contributed by atoms with Crippen molar-refractivity contribution in [3.05, 3.63) is 29.3 Å². The van der Waals surface area contributed by atoms with Crippen LogP contribution in [0.3, 0.4) is 0 Å². The summed E-state index contributed by atoms with van der Waals surface area (Å²) < 4.78 is 5.69. The Kier molecular flexibility index (Phi) is 4.02. The summed E-state index contributed by atoms with van der Waals surface area (Å²) in [6.07, 6.45) is 1.06. The third-order valence-electron chi connectivity index (χ3n) is 3.15. The van der Waals surface area contributed by atoms with Gasteiger partial charge < -0.3 is 15.0 Å². The zero-order valence-corrected chi connectivity index (χ0v) is 11.0. The van der Waals surface area contributed by atoms with E-state index < -0.39 is 0 Å². The fourth-order valence-electron chi connectivity index (χ4n) is 2.19. The Morgan fingerprint density at radius 1 is 1.41 bits per heavy atom. The molecule has 1 aromatic rings. The number of hydrogen-bond donors (Lipinski definition) is 1. The van der Waals surface area contributed by atoms with Crippen LogP contribution in [0.1, 0.15) is 23.6 Å². The van der Waals surface area contributed by atoms with Crippen molar-refractivity contribution in [2.45, 2.75) is 19.4 Å². The molecule has 0 spiro atoms. The van der Waals surface area contributed by atoms with Crippen molar-refractivity contribution >= 4 is 0 Å². The Balaban J connectivity index is 2.03. The van der Waals surface area contributed by atoms with E-state index in [-0.39, 0.29) is 0 Å². The number of hydrogen-bond acceptors (Lipinski definition) is 3. The summed E-state index contributed by atoms with van der Waals surface area (Å²) in [4.78, 5) is 2.20. The first-order chi connectivity index (χ1) is 8.16. The molecule has 3 nitrogen and oxygen atoms in total. The average Bonchev–Trinajstić information content (AvgIpc) is 2.29. The molecule has 0 radical (unpaired) electrons. The van der Waals surface area contributed by atoms with Gasteiger partial charge in [-0.1, -0.05) is 17.7 Å². The van der Waals surface area contributed by atoms with Gasteiger partial charge in [-0.15, -0.1) is 0 Å². The van der Waals surface area contributed by atoms with Gasteiger partial charge in [-0.2, -0.15) is 0 Å². The van der Waals surface area contributed by atoms with E-state index in [4.69, 9.17) is 4.74 Å². The first-order valence-corrected chi connectivity index (χ1v) is 6.28. The summed E-state index contributed by atoms with van der Waals surface area (Å²) in [5, 5.41) is 3.61. The smallest absolute Gasteiger partial charge is 0.124 e. The summed E-state index contributed by atoms with van der Waals surface area (Å²) in [7, 11) is 4.20. The summed E-state index contributed by atoms with van der Waals surface area (Å²) in [5.74, 6) is 1.05. The topological polar surface area (TPSA) is 24.5 Å². The molecule has 1 unspecified atom stereocenters. The highest BCUT2D eigenvalue weighted by molar-refractivity contribution is 5.40. The minimum absolute atomic E-state index is 0.443. The predicted octanol–water partition coefficient (Wildman–Crippen LogP) is 1.97. The number of fused-ring (bicyclic) bond motifs is 1. The number of benzene rings is 1. The summed E-state index contributed by atoms with van der Waals surface area (Å²) >= 11 is 0. The van der Waals surface area contributed by atoms with Gasteiger partial charge in [0.1, 0.15) is 5.75 Å². The summed E-state index contributed by atoms with van der Waals surface area (Å²) in [5.41, 5.74) is 2.61. The van der Waals surface area contributed by atoms with Gasteiger partial charge in [0.05, 0.1) is 6.61 Å². The molecule has 1 N–H and O–H groups in total. The van der Waals surface area contributed by atoms with Gasteiger partial charge >= 0.3 is 0 Å². The lowest BCUT2D eigenvalue weighted by molar-refractivity contribution is 0.249. The molecule has 3 heteroatoms. The van der Waals surface area contributed by atoms with Crippen molar-refractivity contribution in [2.24, 2.45) is 0 Å². The zero-order valence-electron chi connectivity index (χ0n) is 11.0. The van der Waals surface area contributed by atoms with Crippen LogP contribution in [0.25, 0.3) is 0 Å². The number of rotatable bonds is 4. The molecular weight excluding hydrogens is 212 g/mol. The standard InChI is InChI=1S/C14H22N2O/c1-11-4-5-14-12(10-11)13(6-9-17-14)15-7-8-16(2)3/h4-5,10,13,15H,6-9H2,1-3H3. The maximum Gasteiger partial charge on any atom is 0.124 e. The van der Waals surface area contributed by atoms with Crippen LogP contribution in [0.4, 0.5) is 0 Å². The van der Waals surface area contributed by atoms with Crippen LogP contribution >= 0.6 is 0 Å². The minimum atomic E-state index is 0.443. The molecule has 0 fully saturated rings. The molecule has 1 aliphatic heterocycles. The van der Waals surface area contributed by atoms with Gasteiger partial charge in [-0.25, -0.2) is 0 Å². The van der Waals surface area contributed by atoms with Crippen LogP contribution < -0.4 is 10.1 Å². The van der Waals surface area contributed by atoms with Crippen molar-refractivity contribution in [3.63, 3.8) is 0 Å². The lowest BCUT2D eigenvalue weighted by Gasteiger charge is -2.27. The van der Waals surface area contributed by atoms with Crippen LogP contribution in [0.15, 0.2) is 18.2 Å². The molecule has 0 amide bonds. The molecule has 1 aromatic carbocycles. The van der Waals surface area contributed by atoms with Gasteiger partial charge in [0.15, 0.2) is 0 Å². The van der Waals surface area contributed by atoms with E-state index in [9.17, 15) is 0 Å². The number of nitrogens with one attached hydrogen (secondary N) is 1. The number of nitrogens with zero attached hydrogens (tertiary/aromatic N) is 1. The molecule has 0 bridgehead atoms. The molecule has 1 atom stereocenters. The Bertz CT molecular complexity index is 376. The van der Waals surface area contributed by atoms with E-state index in [1.54, 1.807) is 0 Å². The van der Waals surface area contributed by atoms with Crippen LogP contribution in [0.2, 0.25) is 0 Å². The highest BCUT2D eigenvalue weighted by Crippen LogP contribution is 2.32. The SMILES string of the molecule is Cc1ccc2c(c1)C(NCCN(C)C)CCO2. The van der Waals surface area contributed by atoms with Gasteiger partial charge in [0.2, 0.25) is 0 Å². The molecule has 0 saturated heterocycles. The van der Waals surface area contributed by atoms with Gasteiger partial charge in [0, 0.05) is 31.1 Å². The predicted molar refractivity (Wildman–Crippen MR) is 70.6 cm³/mol. The second kappa shape index (κ2) is 5.52. The first-order valence-electron chi connectivity index (χ1n) is 6.28. The Morgan fingerprint density at radius 2 is 2.24 bits per heavy atom. The quantitative estimate of drug-likeness (QED) is 0.862. The number of likely N-dealkylation sites (N-methyl/N-ethyl adjacent to an activating group) is 1. The van der Waals surface area contributed by atoms with E-state index in [2.05, 4.69) is 49.4 Å². The van der Waals surface area contributed by atoms with Crippen LogP contribution in [0.5, 0.6) is 5.75 Å². The maximum absolute atomic E-state index is 5.69. The lowest BCUT2D eigenvalue weighted by Crippen LogP contribution is -2.32. The fourth-order valence-corrected chi connectivity index (χ4v) is 2.19. The van der Waals surface area contributed by atoms with Crippen molar-refractivity contribution in [1.29, 1.82) is 0 Å². The number of aryl methyl sites for hydroxylation is 1. The van der Waals surface area contributed by atoms with Crippen molar-refractivity contribution in [3.8, 4) is 5.75 Å². The normalized spacial score (nSPS) is 18.9. The van der Waals surface area contributed by atoms with E-state index in [0.29, 0.717) is 6.04 Å². The van der Waals surface area contributed by atoms with Crippen molar-refractivity contribution < 1.29 is 4.74 Å². The third kappa shape index (κ3) is 3.20. The fraction of sp³-hybridized carbons (Fsp3) is 0.571. The molecular formula is C14H22N2O. The van der Waals surface area contributed by atoms with Gasteiger partial charge in [-0.3, -0.25) is 0 Å². The van der Waals surface area contributed by atoms with E-state index >= 15 is 0 Å². The summed E-state index contributed by atoms with van der Waals surface area (Å²) in [6, 6.07) is 6.88. The van der Waals surface area contributed by atoms with Crippen molar-refractivity contribution in [2.75, 3.05) is 33.8 Å². The largest absolute Gasteiger partial charge is 0.493 e. The van der Waals surface area contributed by atoms with Crippen LogP contribution in [-0.2, 0) is 0 Å². The van der Waals surface area contributed by atoms with E-state index in [1.165, 1.54) is 11.1 Å². The molecule has 94 valence electrons. The van der Waals surface area contributed by atoms with Crippen LogP contribution in [0, 0.1) is 6.92 Å². The molecule has 0 aliphatic carbocycles. The second-order valence-electron chi connectivity index (χ2n) is 4.99. The van der Waals surface area contributed by atoms with Crippen LogP contribution in [-0.4, -0.2) is 38.7 Å². The highest BCUT2D eigenvalue weighted by atomic mass is 16.5. The maximum atomic E-state index is 5.69. The molecule has 1 heterocycles. The first kappa shape index (κ1) is 12.4. The molecule has 17 heavy (non-hydrogen) atoms. The Labute approximate surface area is 104 Å². The summed E-state index contributed by atoms with van der Waals surface area (Å²) in [6.45, 7) is 5.03. The average molecular weight is 234 g/mol. The van der Waals surface area contributed by atoms with Gasteiger partial charge in [-0.05, 0) is 27.1 Å². The minimum Gasteiger partial charge on any atom is -0.493 e. The molecule has 1 aliphatic rings. The van der Waals surface area contributed by atoms with E-state index in [0.717, 1.165) is 31.9 Å². The van der Waals surface area contributed by atoms with E-state index in [1.807, 2.05) is 0 Å². The molecule has 2 rings (SSSR count). The third-order valence-corrected chi connectivity index (χ3v) is 3.15. The van der Waals surface area contributed by atoms with Gasteiger partial charge in [0.25, 0.3) is 0 Å². The molecule has 0 saturated carbocycles. The van der Waals surface area contributed by atoms with Crippen molar-refractivity contribution in [1.82, 2.24) is 10.2 Å². The highest BCUT2D eigenvalue weighted by Gasteiger charge is 2.20. The lowest BCUT2D eigenvalue weighted by atomic mass is 9.98. The second-order valence-corrected chi connectivity index (χ2v) is 4.99. The Hall–Kier alpha value is -1.06.